The highest BCUT2D eigenvalue weighted by molar-refractivity contribution is 5.88. The molecule has 0 spiro atoms. The number of fused-ring (bicyclic) bond motifs is 3. The first-order valence-corrected chi connectivity index (χ1v) is 9.19. The van der Waals surface area contributed by atoms with Crippen molar-refractivity contribution in [1.82, 2.24) is 0 Å². The predicted octanol–water partition coefficient (Wildman–Crippen LogP) is 5.35. The highest BCUT2D eigenvalue weighted by Gasteiger charge is 2.42. The van der Waals surface area contributed by atoms with Crippen LogP contribution in [0.3, 0.4) is 0 Å². The minimum atomic E-state index is -4.40. The molecule has 7 heteroatoms. The lowest BCUT2D eigenvalue weighted by molar-refractivity contribution is -0.137. The molecule has 1 fully saturated rings. The lowest BCUT2D eigenvalue weighted by Gasteiger charge is -2.44. The molecule has 2 aromatic rings. The van der Waals surface area contributed by atoms with E-state index >= 15 is 0 Å². The molecule has 4 nitrogen and oxygen atoms in total. The number of carbonyl (C=O) groups is 1. The molecule has 4 rings (SSSR count). The number of anilines is 1. The van der Waals surface area contributed by atoms with E-state index in [1.165, 1.54) is 12.1 Å². The fraction of sp³-hybridized carbons (Fsp3) is 0.381. The maximum absolute atomic E-state index is 13.2. The van der Waals surface area contributed by atoms with Gasteiger partial charge in [0.25, 0.3) is 0 Å². The minimum Gasteiger partial charge on any atom is -0.478 e. The van der Waals surface area contributed by atoms with Crippen molar-refractivity contribution >= 4 is 11.7 Å². The van der Waals surface area contributed by atoms with Gasteiger partial charge in [-0.25, -0.2) is 4.79 Å². The molecule has 2 heterocycles. The molecule has 0 unspecified atom stereocenters. The van der Waals surface area contributed by atoms with Crippen molar-refractivity contribution in [3.05, 3.63) is 64.2 Å². The van der Waals surface area contributed by atoms with E-state index in [0.29, 0.717) is 17.9 Å². The van der Waals surface area contributed by atoms with Gasteiger partial charge in [0, 0.05) is 23.8 Å². The van der Waals surface area contributed by atoms with Gasteiger partial charge in [-0.3, -0.25) is 0 Å². The van der Waals surface area contributed by atoms with Gasteiger partial charge in [-0.2, -0.15) is 13.2 Å². The average Bonchev–Trinajstić information content (AvgIpc) is 2.66. The Hall–Kier alpha value is -2.54. The SMILES string of the molecule is Cc1cc(C(=O)O)ccc1[C@H]1Nc2ccc(C(F)(F)F)cc2[C@@H]2OCCC[C@H]12. The Morgan fingerprint density at radius 3 is 2.64 bits per heavy atom. The summed E-state index contributed by atoms with van der Waals surface area (Å²) in [5, 5.41) is 12.6. The Morgan fingerprint density at radius 2 is 1.96 bits per heavy atom. The van der Waals surface area contributed by atoms with Crippen LogP contribution >= 0.6 is 0 Å². The van der Waals surface area contributed by atoms with E-state index in [0.717, 1.165) is 30.0 Å². The number of carboxylic acids is 1. The van der Waals surface area contributed by atoms with E-state index in [-0.39, 0.29) is 17.5 Å². The summed E-state index contributed by atoms with van der Waals surface area (Å²) in [6.45, 7) is 2.37. The van der Waals surface area contributed by atoms with Gasteiger partial charge in [0.2, 0.25) is 0 Å². The molecule has 2 N–H and O–H groups in total. The first-order valence-electron chi connectivity index (χ1n) is 9.19. The van der Waals surface area contributed by atoms with Gasteiger partial charge in [0.15, 0.2) is 0 Å². The maximum Gasteiger partial charge on any atom is 0.416 e. The van der Waals surface area contributed by atoms with Gasteiger partial charge >= 0.3 is 12.1 Å². The summed E-state index contributed by atoms with van der Waals surface area (Å²) in [7, 11) is 0. The fourth-order valence-corrected chi connectivity index (χ4v) is 4.31. The summed E-state index contributed by atoms with van der Waals surface area (Å²) in [6.07, 6.45) is -3.17. The van der Waals surface area contributed by atoms with Gasteiger partial charge in [-0.05, 0) is 61.2 Å². The number of aryl methyl sites for hydroxylation is 1. The Labute approximate surface area is 160 Å². The maximum atomic E-state index is 13.2. The van der Waals surface area contributed by atoms with Crippen molar-refractivity contribution in [3.63, 3.8) is 0 Å². The van der Waals surface area contributed by atoms with Gasteiger partial charge in [-0.1, -0.05) is 6.07 Å². The predicted molar refractivity (Wildman–Crippen MR) is 97.4 cm³/mol. The lowest BCUT2D eigenvalue weighted by atomic mass is 9.76. The molecule has 2 aliphatic rings. The van der Waals surface area contributed by atoms with Crippen molar-refractivity contribution in [3.8, 4) is 0 Å². The van der Waals surface area contributed by atoms with Crippen LogP contribution in [0, 0.1) is 12.8 Å². The van der Waals surface area contributed by atoms with Crippen LogP contribution in [0.2, 0.25) is 0 Å². The third kappa shape index (κ3) is 3.24. The summed E-state index contributed by atoms with van der Waals surface area (Å²) in [5.41, 5.74) is 2.47. The van der Waals surface area contributed by atoms with Gasteiger partial charge < -0.3 is 15.2 Å². The number of hydrogen-bond acceptors (Lipinski definition) is 3. The Balaban J connectivity index is 1.77. The number of benzene rings is 2. The van der Waals surface area contributed by atoms with Crippen LogP contribution in [0.1, 0.15) is 57.6 Å². The highest BCUT2D eigenvalue weighted by Crippen LogP contribution is 2.50. The monoisotopic (exact) mass is 391 g/mol. The van der Waals surface area contributed by atoms with Crippen LogP contribution in [0.15, 0.2) is 36.4 Å². The highest BCUT2D eigenvalue weighted by atomic mass is 19.4. The summed E-state index contributed by atoms with van der Waals surface area (Å²) in [5.74, 6) is -1.02. The van der Waals surface area contributed by atoms with E-state index in [1.54, 1.807) is 18.2 Å². The molecule has 148 valence electrons. The standard InChI is InChI=1S/C21H20F3NO3/c1-11-9-12(20(26)27)4-6-14(11)18-15-3-2-8-28-19(15)16-10-13(21(22,23)24)5-7-17(16)25-18/h4-7,9-10,15,18-19,25H,2-3,8H2,1H3,(H,26,27)/t15-,18-,19-/m1/s1. The Bertz CT molecular complexity index is 926. The number of rotatable bonds is 2. The zero-order chi connectivity index (χ0) is 20.1. The summed E-state index contributed by atoms with van der Waals surface area (Å²) < 4.78 is 45.4. The molecule has 2 aromatic carbocycles. The third-order valence-corrected chi connectivity index (χ3v) is 5.64. The van der Waals surface area contributed by atoms with Crippen molar-refractivity contribution < 1.29 is 27.8 Å². The summed E-state index contributed by atoms with van der Waals surface area (Å²) in [4.78, 5) is 11.2. The second-order valence-electron chi connectivity index (χ2n) is 7.40. The largest absolute Gasteiger partial charge is 0.478 e. The molecule has 28 heavy (non-hydrogen) atoms. The molecular formula is C21H20F3NO3. The average molecular weight is 391 g/mol. The molecule has 1 saturated heterocycles. The Kier molecular flexibility index (Phi) is 4.57. The molecule has 0 aromatic heterocycles. The lowest BCUT2D eigenvalue weighted by Crippen LogP contribution is -2.36. The van der Waals surface area contributed by atoms with Crippen molar-refractivity contribution in [2.75, 3.05) is 11.9 Å². The van der Waals surface area contributed by atoms with E-state index in [4.69, 9.17) is 4.74 Å². The second kappa shape index (κ2) is 6.81. The normalized spacial score (nSPS) is 24.1. The zero-order valence-corrected chi connectivity index (χ0v) is 15.2. The molecular weight excluding hydrogens is 371 g/mol. The van der Waals surface area contributed by atoms with Crippen molar-refractivity contribution in [2.24, 2.45) is 5.92 Å². The van der Waals surface area contributed by atoms with Crippen LogP contribution in [-0.2, 0) is 10.9 Å². The van der Waals surface area contributed by atoms with Crippen LogP contribution < -0.4 is 5.32 Å². The van der Waals surface area contributed by atoms with Crippen LogP contribution in [0.5, 0.6) is 0 Å². The van der Waals surface area contributed by atoms with Crippen molar-refractivity contribution in [2.45, 2.75) is 38.1 Å². The summed E-state index contributed by atoms with van der Waals surface area (Å²) >= 11 is 0. The number of carboxylic acid groups (broad SMARTS) is 1. The molecule has 3 atom stereocenters. The van der Waals surface area contributed by atoms with Gasteiger partial charge in [0.1, 0.15) is 0 Å². The molecule has 0 radical (unpaired) electrons. The minimum absolute atomic E-state index is 0.0286. The Morgan fingerprint density at radius 1 is 1.18 bits per heavy atom. The number of hydrogen-bond donors (Lipinski definition) is 2. The topological polar surface area (TPSA) is 58.6 Å². The number of alkyl halides is 3. The fourth-order valence-electron chi connectivity index (χ4n) is 4.31. The molecule has 0 aliphatic carbocycles. The molecule has 0 saturated carbocycles. The van der Waals surface area contributed by atoms with E-state index < -0.39 is 23.8 Å². The van der Waals surface area contributed by atoms with Crippen LogP contribution in [0.25, 0.3) is 0 Å². The van der Waals surface area contributed by atoms with Crippen LogP contribution in [0.4, 0.5) is 18.9 Å². The summed E-state index contributed by atoms with van der Waals surface area (Å²) in [6, 6.07) is 8.54. The smallest absolute Gasteiger partial charge is 0.416 e. The first kappa shape index (κ1) is 18.8. The quantitative estimate of drug-likeness (QED) is 0.725. The zero-order valence-electron chi connectivity index (χ0n) is 15.2. The van der Waals surface area contributed by atoms with E-state index in [9.17, 15) is 23.1 Å². The number of ether oxygens (including phenoxy) is 1. The van der Waals surface area contributed by atoms with E-state index in [1.807, 2.05) is 6.92 Å². The molecule has 0 bridgehead atoms. The number of halogens is 3. The number of aromatic carboxylic acids is 1. The van der Waals surface area contributed by atoms with Crippen LogP contribution in [-0.4, -0.2) is 17.7 Å². The second-order valence-corrected chi connectivity index (χ2v) is 7.40. The van der Waals surface area contributed by atoms with Crippen molar-refractivity contribution in [1.29, 1.82) is 0 Å². The van der Waals surface area contributed by atoms with Gasteiger partial charge in [-0.15, -0.1) is 0 Å². The first-order chi connectivity index (χ1) is 13.3. The number of nitrogens with one attached hydrogen (secondary N) is 1. The molecule has 2 aliphatic heterocycles. The molecule has 0 amide bonds. The van der Waals surface area contributed by atoms with E-state index in [2.05, 4.69) is 5.32 Å². The van der Waals surface area contributed by atoms with Gasteiger partial charge in [0.05, 0.1) is 23.3 Å². The third-order valence-electron chi connectivity index (χ3n) is 5.64.